The van der Waals surface area contributed by atoms with E-state index in [-0.39, 0.29) is 47.8 Å². The third-order valence-corrected chi connectivity index (χ3v) is 3.96. The first-order valence-corrected chi connectivity index (χ1v) is 8.30. The molecule has 1 unspecified atom stereocenters. The summed E-state index contributed by atoms with van der Waals surface area (Å²) in [4.78, 5) is 11.9. The molecule has 0 spiro atoms. The van der Waals surface area contributed by atoms with Gasteiger partial charge >= 0.3 is 5.97 Å². The number of aliphatic hydroxyl groups excluding tert-OH is 1. The van der Waals surface area contributed by atoms with Gasteiger partial charge in [-0.15, -0.1) is 12.4 Å². The summed E-state index contributed by atoms with van der Waals surface area (Å²) in [5.41, 5.74) is 6.69. The molecule has 0 amide bonds. The Morgan fingerprint density at radius 2 is 1.96 bits per heavy atom. The number of hydrogen-bond acceptors (Lipinski definition) is 6. The van der Waals surface area contributed by atoms with E-state index in [4.69, 9.17) is 37.3 Å². The lowest BCUT2D eigenvalue weighted by Crippen LogP contribution is -2.22. The van der Waals surface area contributed by atoms with Crippen molar-refractivity contribution < 1.29 is 24.5 Å². The van der Waals surface area contributed by atoms with Gasteiger partial charge < -0.3 is 30.7 Å². The fraction of sp³-hybridized carbons (Fsp3) is 0.222. The van der Waals surface area contributed by atoms with Crippen LogP contribution in [0.2, 0.25) is 5.02 Å². The molecule has 152 valence electrons. The highest BCUT2D eigenvalue weighted by molar-refractivity contribution is 6.32. The fourth-order valence-corrected chi connectivity index (χ4v) is 2.68. The highest BCUT2D eigenvalue weighted by atomic mass is 35.5. The van der Waals surface area contributed by atoms with Gasteiger partial charge in [0.2, 0.25) is 0 Å². The first-order valence-electron chi connectivity index (χ1n) is 7.92. The summed E-state index contributed by atoms with van der Waals surface area (Å²) in [6.07, 6.45) is 0. The number of carbonyl (C=O) groups is 1. The first kappa shape index (κ1) is 23.4. The smallest absolute Gasteiger partial charge is 0.330 e. The summed E-state index contributed by atoms with van der Waals surface area (Å²) in [6.45, 7) is -0.293. The minimum absolute atomic E-state index is 0. The number of nitrogens with two attached hydrogens (primary N) is 1. The van der Waals surface area contributed by atoms with Crippen molar-refractivity contribution in [1.29, 1.82) is 5.41 Å². The Hall–Kier alpha value is -2.68. The summed E-state index contributed by atoms with van der Waals surface area (Å²) >= 11 is 6.21. The van der Waals surface area contributed by atoms with Gasteiger partial charge in [0, 0.05) is 22.9 Å². The van der Waals surface area contributed by atoms with Crippen molar-refractivity contribution in [2.75, 3.05) is 25.6 Å². The lowest BCUT2D eigenvalue weighted by molar-refractivity contribution is -0.138. The molecular formula is C18H21Cl2N3O5. The zero-order valence-corrected chi connectivity index (χ0v) is 16.5. The minimum Gasteiger partial charge on any atom is -0.497 e. The quantitative estimate of drug-likeness (QED) is 0.305. The molecule has 0 saturated carbocycles. The van der Waals surface area contributed by atoms with Gasteiger partial charge in [0.15, 0.2) is 6.04 Å². The van der Waals surface area contributed by atoms with Crippen LogP contribution in [0, 0.1) is 5.41 Å². The zero-order valence-electron chi connectivity index (χ0n) is 14.9. The summed E-state index contributed by atoms with van der Waals surface area (Å²) in [6, 6.07) is 8.24. The summed E-state index contributed by atoms with van der Waals surface area (Å²) in [5.74, 6) is -0.738. The lowest BCUT2D eigenvalue weighted by Gasteiger charge is -2.21. The molecule has 2 rings (SSSR count). The van der Waals surface area contributed by atoms with E-state index in [9.17, 15) is 9.90 Å². The molecule has 0 heterocycles. The molecule has 2 aromatic carbocycles. The number of nitrogen functional groups attached to an aromatic ring is 1. The molecular weight excluding hydrogens is 409 g/mol. The summed E-state index contributed by atoms with van der Waals surface area (Å²) in [5, 5.41) is 29.2. The van der Waals surface area contributed by atoms with Crippen LogP contribution in [0.25, 0.3) is 0 Å². The Labute approximate surface area is 173 Å². The average Bonchev–Trinajstić information content (AvgIpc) is 2.64. The SMILES string of the molecule is COc1cc(Cl)c(OCCO)c(C(Nc2ccc(C(=N)N)cc2)C(=O)O)c1.Cl. The predicted octanol–water partition coefficient (Wildman–Crippen LogP) is 2.66. The first-order chi connectivity index (χ1) is 12.9. The van der Waals surface area contributed by atoms with Gasteiger partial charge in [-0.25, -0.2) is 4.79 Å². The van der Waals surface area contributed by atoms with E-state index < -0.39 is 12.0 Å². The van der Waals surface area contributed by atoms with Gasteiger partial charge in [-0.2, -0.15) is 0 Å². The van der Waals surface area contributed by atoms with E-state index in [0.717, 1.165) is 0 Å². The number of benzene rings is 2. The van der Waals surface area contributed by atoms with Gasteiger partial charge in [0.1, 0.15) is 23.9 Å². The zero-order chi connectivity index (χ0) is 20.0. The molecule has 0 fully saturated rings. The highest BCUT2D eigenvalue weighted by Gasteiger charge is 2.26. The topological polar surface area (TPSA) is 138 Å². The van der Waals surface area contributed by atoms with Crippen LogP contribution in [-0.4, -0.2) is 42.3 Å². The maximum Gasteiger partial charge on any atom is 0.330 e. The molecule has 8 nitrogen and oxygen atoms in total. The minimum atomic E-state index is -1.20. The molecule has 0 aliphatic carbocycles. The number of nitrogens with one attached hydrogen (secondary N) is 2. The molecule has 0 radical (unpaired) electrons. The van der Waals surface area contributed by atoms with Gasteiger partial charge in [-0.3, -0.25) is 5.41 Å². The Morgan fingerprint density at radius 3 is 2.46 bits per heavy atom. The predicted molar refractivity (Wildman–Crippen MR) is 109 cm³/mol. The van der Waals surface area contributed by atoms with E-state index >= 15 is 0 Å². The van der Waals surface area contributed by atoms with Crippen molar-refractivity contribution in [2.24, 2.45) is 5.73 Å². The van der Waals surface area contributed by atoms with Gasteiger partial charge in [-0.1, -0.05) is 11.6 Å². The van der Waals surface area contributed by atoms with E-state index in [2.05, 4.69) is 5.32 Å². The molecule has 6 N–H and O–H groups in total. The second-order valence-corrected chi connectivity index (χ2v) is 5.91. The molecule has 1 atom stereocenters. The van der Waals surface area contributed by atoms with Crippen LogP contribution < -0.4 is 20.5 Å². The number of carboxylic acids is 1. The van der Waals surface area contributed by atoms with Crippen LogP contribution in [0.1, 0.15) is 17.2 Å². The monoisotopic (exact) mass is 429 g/mol. The van der Waals surface area contributed by atoms with Crippen LogP contribution >= 0.6 is 24.0 Å². The molecule has 10 heteroatoms. The molecule has 0 aromatic heterocycles. The van der Waals surface area contributed by atoms with E-state index in [1.54, 1.807) is 24.3 Å². The van der Waals surface area contributed by atoms with Gasteiger partial charge in [-0.05, 0) is 30.3 Å². The third kappa shape index (κ3) is 5.66. The second-order valence-electron chi connectivity index (χ2n) is 5.51. The van der Waals surface area contributed by atoms with E-state index in [1.165, 1.54) is 19.2 Å². The Bertz CT molecular complexity index is 831. The Morgan fingerprint density at radius 1 is 1.32 bits per heavy atom. The molecule has 0 bridgehead atoms. The largest absolute Gasteiger partial charge is 0.497 e. The number of methoxy groups -OCH3 is 1. The highest BCUT2D eigenvalue weighted by Crippen LogP contribution is 2.38. The van der Waals surface area contributed by atoms with Crippen molar-refractivity contribution in [3.63, 3.8) is 0 Å². The number of amidine groups is 1. The van der Waals surface area contributed by atoms with Crippen LogP contribution in [0.5, 0.6) is 11.5 Å². The average molecular weight is 430 g/mol. The number of rotatable bonds is 9. The molecule has 28 heavy (non-hydrogen) atoms. The Kier molecular flexibility index (Phi) is 8.84. The van der Waals surface area contributed by atoms with Crippen LogP contribution in [0.3, 0.4) is 0 Å². The molecule has 2 aromatic rings. The number of halogens is 2. The molecule has 0 aliphatic heterocycles. The number of hydrogen-bond donors (Lipinski definition) is 5. The fourth-order valence-electron chi connectivity index (χ4n) is 2.41. The number of carboxylic acid groups (broad SMARTS) is 1. The summed E-state index contributed by atoms with van der Waals surface area (Å²) < 4.78 is 10.6. The number of anilines is 1. The van der Waals surface area contributed by atoms with Crippen molar-refractivity contribution in [2.45, 2.75) is 6.04 Å². The molecule has 0 saturated heterocycles. The maximum absolute atomic E-state index is 11.9. The Balaban J connectivity index is 0.00000392. The standard InChI is InChI=1S/C18H20ClN3O5.ClH/c1-26-12-8-13(16(14(19)9-12)27-7-6-23)15(18(24)25)22-11-4-2-10(3-5-11)17(20)21;/h2-5,8-9,15,22-23H,6-7H2,1H3,(H3,20,21)(H,24,25);1H. The third-order valence-electron chi connectivity index (χ3n) is 3.68. The van der Waals surface area contributed by atoms with Crippen molar-refractivity contribution in [3.05, 3.63) is 52.5 Å². The normalized spacial score (nSPS) is 11.1. The number of aliphatic carboxylic acids is 1. The van der Waals surface area contributed by atoms with Crippen molar-refractivity contribution in [3.8, 4) is 11.5 Å². The van der Waals surface area contributed by atoms with E-state index in [1.807, 2.05) is 0 Å². The van der Waals surface area contributed by atoms with Crippen LogP contribution in [-0.2, 0) is 4.79 Å². The number of ether oxygens (including phenoxy) is 2. The number of aliphatic hydroxyl groups is 1. The van der Waals surface area contributed by atoms with Crippen molar-refractivity contribution in [1.82, 2.24) is 0 Å². The van der Waals surface area contributed by atoms with Crippen molar-refractivity contribution >= 4 is 41.5 Å². The van der Waals surface area contributed by atoms with Crippen LogP contribution in [0.4, 0.5) is 5.69 Å². The second kappa shape index (κ2) is 10.6. The van der Waals surface area contributed by atoms with Crippen LogP contribution in [0.15, 0.2) is 36.4 Å². The maximum atomic E-state index is 11.9. The lowest BCUT2D eigenvalue weighted by atomic mass is 10.0. The van der Waals surface area contributed by atoms with E-state index in [0.29, 0.717) is 17.0 Å². The summed E-state index contributed by atoms with van der Waals surface area (Å²) in [7, 11) is 1.44. The van der Waals surface area contributed by atoms with Gasteiger partial charge in [0.05, 0.1) is 18.7 Å². The van der Waals surface area contributed by atoms with Gasteiger partial charge in [0.25, 0.3) is 0 Å². The molecule has 0 aliphatic rings.